The predicted molar refractivity (Wildman–Crippen MR) is 119 cm³/mol. The zero-order valence-corrected chi connectivity index (χ0v) is 17.3. The molecule has 3 N–H and O–H groups in total. The second-order valence-electron chi connectivity index (χ2n) is 7.00. The smallest absolute Gasteiger partial charge is 0.354 e. The Bertz CT molecular complexity index is 990. The zero-order valence-electron chi connectivity index (χ0n) is 17.3. The van der Waals surface area contributed by atoms with Crippen LogP contribution in [0.4, 0.5) is 17.3 Å². The van der Waals surface area contributed by atoms with Crippen molar-refractivity contribution in [2.24, 2.45) is 0 Å². The quantitative estimate of drug-likeness (QED) is 0.355. The molecule has 0 spiro atoms. The van der Waals surface area contributed by atoms with Crippen molar-refractivity contribution in [3.63, 3.8) is 0 Å². The molecule has 0 aliphatic rings. The molecular weight excluding hydrogens is 396 g/mol. The Balaban J connectivity index is 1.86. The van der Waals surface area contributed by atoms with Gasteiger partial charge in [-0.05, 0) is 24.5 Å². The number of benzene rings is 2. The highest BCUT2D eigenvalue weighted by Gasteiger charge is 2.26. The summed E-state index contributed by atoms with van der Waals surface area (Å²) in [6.45, 7) is 3.85. The number of anilines is 2. The summed E-state index contributed by atoms with van der Waals surface area (Å²) in [5.74, 6) is -0.983. The Morgan fingerprint density at radius 1 is 1.00 bits per heavy atom. The van der Waals surface area contributed by atoms with E-state index in [1.165, 1.54) is 6.33 Å². The molecule has 9 nitrogen and oxygen atoms in total. The van der Waals surface area contributed by atoms with E-state index < -0.39 is 10.8 Å². The summed E-state index contributed by atoms with van der Waals surface area (Å²) in [5.41, 5.74) is 6.45. The number of aromatic nitrogens is 2. The van der Waals surface area contributed by atoms with E-state index in [2.05, 4.69) is 26.1 Å². The molecule has 2 aromatic carbocycles. The molecule has 1 amide bonds. The minimum absolute atomic E-state index is 0.0171. The van der Waals surface area contributed by atoms with Crippen LogP contribution in [0.5, 0.6) is 0 Å². The van der Waals surface area contributed by atoms with Gasteiger partial charge in [0.25, 0.3) is 0 Å². The molecule has 0 saturated carbocycles. The maximum absolute atomic E-state index is 13.1. The molecule has 0 radical (unpaired) electrons. The molecule has 31 heavy (non-hydrogen) atoms. The van der Waals surface area contributed by atoms with Crippen LogP contribution in [0.3, 0.4) is 0 Å². The Hall–Kier alpha value is -4.01. The molecule has 0 bridgehead atoms. The van der Waals surface area contributed by atoms with Crippen LogP contribution in [0, 0.1) is 10.1 Å². The maximum atomic E-state index is 13.1. The molecular formula is C22H24N6O3. The summed E-state index contributed by atoms with van der Waals surface area (Å²) in [5, 5.41) is 14.7. The zero-order chi connectivity index (χ0) is 22.2. The van der Waals surface area contributed by atoms with Crippen molar-refractivity contribution in [1.29, 1.82) is 0 Å². The first-order valence-corrected chi connectivity index (χ1v) is 9.93. The lowest BCUT2D eigenvalue weighted by molar-refractivity contribution is -0.383. The third-order valence-electron chi connectivity index (χ3n) is 4.83. The largest absolute Gasteiger partial charge is 0.362 e. The highest BCUT2D eigenvalue weighted by Crippen LogP contribution is 2.30. The van der Waals surface area contributed by atoms with Gasteiger partial charge in [-0.15, -0.1) is 0 Å². The first-order valence-electron chi connectivity index (χ1n) is 9.93. The number of amides is 1. The number of carbonyl (C=O) groups excluding carboxylic acids is 1. The molecule has 0 fully saturated rings. The minimum Gasteiger partial charge on any atom is -0.362 e. The van der Waals surface area contributed by atoms with Crippen LogP contribution in [0.15, 0.2) is 67.0 Å². The average Bonchev–Trinajstić information content (AvgIpc) is 2.79. The Morgan fingerprint density at radius 3 is 2.06 bits per heavy atom. The van der Waals surface area contributed by atoms with Crippen LogP contribution in [0.2, 0.25) is 0 Å². The van der Waals surface area contributed by atoms with Crippen molar-refractivity contribution in [1.82, 2.24) is 15.4 Å². The van der Waals surface area contributed by atoms with Crippen LogP contribution in [0.25, 0.3) is 0 Å². The maximum Gasteiger partial charge on any atom is 0.354 e. The normalized spacial score (nSPS) is 11.6. The summed E-state index contributed by atoms with van der Waals surface area (Å²) in [7, 11) is 0. The van der Waals surface area contributed by atoms with E-state index in [0.29, 0.717) is 0 Å². The predicted octanol–water partition coefficient (Wildman–Crippen LogP) is 3.87. The molecule has 160 valence electrons. The van der Waals surface area contributed by atoms with Gasteiger partial charge < -0.3 is 5.32 Å². The number of nitro groups is 1. The number of carbonyl (C=O) groups is 1. The van der Waals surface area contributed by atoms with Gasteiger partial charge in [0.1, 0.15) is 6.33 Å². The Morgan fingerprint density at radius 2 is 1.55 bits per heavy atom. The molecule has 0 saturated heterocycles. The fourth-order valence-corrected chi connectivity index (χ4v) is 3.06. The Labute approximate surface area is 180 Å². The van der Waals surface area contributed by atoms with Crippen LogP contribution in [-0.4, -0.2) is 26.8 Å². The molecule has 1 atom stereocenters. The van der Waals surface area contributed by atoms with Gasteiger partial charge in [-0.2, -0.15) is 0 Å². The van der Waals surface area contributed by atoms with Crippen LogP contribution in [0.1, 0.15) is 37.3 Å². The van der Waals surface area contributed by atoms with Crippen molar-refractivity contribution in [3.05, 3.63) is 88.2 Å². The molecule has 1 aromatic heterocycles. The summed E-state index contributed by atoms with van der Waals surface area (Å²) in [6.07, 6.45) is 1.97. The van der Waals surface area contributed by atoms with Crippen LogP contribution in [-0.2, 0) is 4.79 Å². The number of nitrogens with zero attached hydrogens (tertiary/aromatic N) is 3. The summed E-state index contributed by atoms with van der Waals surface area (Å²) < 4.78 is 0. The van der Waals surface area contributed by atoms with Crippen LogP contribution >= 0.6 is 0 Å². The summed E-state index contributed by atoms with van der Waals surface area (Å²) >= 11 is 0. The van der Waals surface area contributed by atoms with Crippen LogP contribution < -0.4 is 16.2 Å². The second kappa shape index (κ2) is 10.1. The SMILES string of the molecule is CCC(C)Nc1ncnc(NNC(=O)C(c2ccccc2)c2ccccc2)c1[N+](=O)[O-]. The molecule has 1 unspecified atom stereocenters. The molecule has 0 aliphatic heterocycles. The van der Waals surface area contributed by atoms with Gasteiger partial charge in [-0.25, -0.2) is 9.97 Å². The van der Waals surface area contributed by atoms with E-state index in [1.807, 2.05) is 74.5 Å². The summed E-state index contributed by atoms with van der Waals surface area (Å²) in [6, 6.07) is 18.6. The fourth-order valence-electron chi connectivity index (χ4n) is 3.06. The van der Waals surface area contributed by atoms with Gasteiger partial charge in [0.15, 0.2) is 0 Å². The van der Waals surface area contributed by atoms with Gasteiger partial charge in [0, 0.05) is 6.04 Å². The monoisotopic (exact) mass is 420 g/mol. The molecule has 3 aromatic rings. The average molecular weight is 420 g/mol. The number of hydrazine groups is 1. The minimum atomic E-state index is -0.603. The topological polar surface area (TPSA) is 122 Å². The fraction of sp³-hybridized carbons (Fsp3) is 0.227. The van der Waals surface area contributed by atoms with Crippen molar-refractivity contribution >= 4 is 23.2 Å². The molecule has 3 rings (SSSR count). The van der Waals surface area contributed by atoms with Gasteiger partial charge in [0.05, 0.1) is 10.8 Å². The number of hydrogen-bond acceptors (Lipinski definition) is 7. The lowest BCUT2D eigenvalue weighted by Gasteiger charge is -2.19. The van der Waals surface area contributed by atoms with Crippen molar-refractivity contribution in [3.8, 4) is 0 Å². The third kappa shape index (κ3) is 5.33. The lowest BCUT2D eigenvalue weighted by Crippen LogP contribution is -2.35. The van der Waals surface area contributed by atoms with Gasteiger partial charge >= 0.3 is 5.69 Å². The van der Waals surface area contributed by atoms with E-state index in [0.717, 1.165) is 17.5 Å². The van der Waals surface area contributed by atoms with E-state index in [4.69, 9.17) is 0 Å². The Kier molecular flexibility index (Phi) is 7.10. The first-order chi connectivity index (χ1) is 15.0. The molecule has 9 heteroatoms. The lowest BCUT2D eigenvalue weighted by atomic mass is 9.91. The molecule has 0 aliphatic carbocycles. The van der Waals surface area contributed by atoms with Crippen molar-refractivity contribution in [2.75, 3.05) is 10.7 Å². The van der Waals surface area contributed by atoms with E-state index in [1.54, 1.807) is 0 Å². The van der Waals surface area contributed by atoms with Gasteiger partial charge in [-0.3, -0.25) is 25.8 Å². The highest BCUT2D eigenvalue weighted by molar-refractivity contribution is 5.88. The number of hydrogen-bond donors (Lipinski definition) is 3. The second-order valence-corrected chi connectivity index (χ2v) is 7.00. The number of rotatable bonds is 9. The third-order valence-corrected chi connectivity index (χ3v) is 4.83. The summed E-state index contributed by atoms with van der Waals surface area (Å²) in [4.78, 5) is 32.1. The first kappa shape index (κ1) is 21.7. The van der Waals surface area contributed by atoms with Gasteiger partial charge in [-0.1, -0.05) is 67.6 Å². The van der Waals surface area contributed by atoms with Crippen molar-refractivity contribution < 1.29 is 9.72 Å². The van der Waals surface area contributed by atoms with Gasteiger partial charge in [0.2, 0.25) is 17.5 Å². The van der Waals surface area contributed by atoms with E-state index >= 15 is 0 Å². The number of nitrogens with one attached hydrogen (secondary N) is 3. The van der Waals surface area contributed by atoms with Crippen molar-refractivity contribution in [2.45, 2.75) is 32.2 Å². The van der Waals surface area contributed by atoms with E-state index in [9.17, 15) is 14.9 Å². The molecule has 1 heterocycles. The highest BCUT2D eigenvalue weighted by atomic mass is 16.6. The van der Waals surface area contributed by atoms with E-state index in [-0.39, 0.29) is 29.3 Å². The standard InChI is InChI=1S/C22H24N6O3/c1-3-15(2)25-20-19(28(30)31)21(24-14-23-20)26-27-22(29)18(16-10-6-4-7-11-16)17-12-8-5-9-13-17/h4-15,18H,3H2,1-2H3,(H,27,29)(H2,23,24,25,26).